The zero-order valence-electron chi connectivity index (χ0n) is 13.1. The Kier molecular flexibility index (Phi) is 4.42. The Labute approximate surface area is 150 Å². The number of nitriles is 1. The van der Waals surface area contributed by atoms with Gasteiger partial charge in [0.05, 0.1) is 18.8 Å². The number of benzene rings is 1. The highest BCUT2D eigenvalue weighted by Gasteiger charge is 2.41. The number of ether oxygens (including phenoxy) is 1. The van der Waals surface area contributed by atoms with Gasteiger partial charge in [-0.1, -0.05) is 41.9 Å². The van der Waals surface area contributed by atoms with Crippen LogP contribution in [-0.2, 0) is 11.3 Å². The Hall–Kier alpha value is -1.65. The molecule has 24 heavy (non-hydrogen) atoms. The molecule has 1 aromatic carbocycles. The number of morpholine rings is 1. The number of hydrogen-bond acceptors (Lipinski definition) is 6. The van der Waals surface area contributed by atoms with Crippen LogP contribution in [-0.4, -0.2) is 47.7 Å². The Morgan fingerprint density at radius 1 is 1.33 bits per heavy atom. The summed E-state index contributed by atoms with van der Waals surface area (Å²) in [6, 6.07) is 13.0. The summed E-state index contributed by atoms with van der Waals surface area (Å²) in [7, 11) is 0. The summed E-state index contributed by atoms with van der Waals surface area (Å²) in [5.41, 5.74) is 1.80. The molecule has 124 valence electrons. The summed E-state index contributed by atoms with van der Waals surface area (Å²) in [5.74, 6) is 0. The molecule has 1 aromatic heterocycles. The van der Waals surface area contributed by atoms with Gasteiger partial charge in [0.15, 0.2) is 5.15 Å². The van der Waals surface area contributed by atoms with Crippen LogP contribution in [0.25, 0.3) is 0 Å². The molecule has 0 radical (unpaired) electrons. The molecule has 4 rings (SSSR count). The third kappa shape index (κ3) is 2.89. The molecule has 2 fully saturated rings. The van der Waals surface area contributed by atoms with Crippen molar-refractivity contribution < 1.29 is 4.74 Å². The van der Waals surface area contributed by atoms with E-state index in [0.717, 1.165) is 37.8 Å². The van der Waals surface area contributed by atoms with Crippen LogP contribution >= 0.6 is 23.1 Å². The lowest BCUT2D eigenvalue weighted by atomic mass is 10.1. The minimum absolute atomic E-state index is 0.162. The van der Waals surface area contributed by atoms with Crippen LogP contribution in [0.1, 0.15) is 11.1 Å². The first kappa shape index (κ1) is 15.9. The van der Waals surface area contributed by atoms with Crippen LogP contribution in [0, 0.1) is 11.3 Å². The summed E-state index contributed by atoms with van der Waals surface area (Å²) in [5, 5.41) is 10.5. The summed E-state index contributed by atoms with van der Waals surface area (Å²) in [6.45, 7) is 4.22. The van der Waals surface area contributed by atoms with Gasteiger partial charge in [-0.15, -0.1) is 0 Å². The van der Waals surface area contributed by atoms with Crippen molar-refractivity contribution >= 4 is 28.1 Å². The number of hydrogen-bond donors (Lipinski definition) is 0. The van der Waals surface area contributed by atoms with E-state index in [0.29, 0.717) is 16.8 Å². The Morgan fingerprint density at radius 3 is 2.96 bits per heavy atom. The van der Waals surface area contributed by atoms with Gasteiger partial charge in [-0.25, -0.2) is 0 Å². The van der Waals surface area contributed by atoms with Gasteiger partial charge < -0.3 is 9.64 Å². The summed E-state index contributed by atoms with van der Waals surface area (Å²) in [6.07, 6.45) is 0.162. The minimum Gasteiger partial charge on any atom is -0.373 e. The van der Waals surface area contributed by atoms with Gasteiger partial charge in [0.25, 0.3) is 0 Å². The van der Waals surface area contributed by atoms with Gasteiger partial charge in [0.1, 0.15) is 16.6 Å². The summed E-state index contributed by atoms with van der Waals surface area (Å²) < 4.78 is 10.1. The van der Waals surface area contributed by atoms with Crippen LogP contribution < -0.4 is 4.90 Å². The van der Waals surface area contributed by atoms with E-state index in [1.54, 1.807) is 0 Å². The molecule has 2 unspecified atom stereocenters. The van der Waals surface area contributed by atoms with Crippen LogP contribution in [0.3, 0.4) is 0 Å². The number of aromatic nitrogens is 1. The Bertz CT molecular complexity index is 760. The first-order chi connectivity index (χ1) is 11.8. The van der Waals surface area contributed by atoms with Gasteiger partial charge in [-0.05, 0) is 17.1 Å². The van der Waals surface area contributed by atoms with E-state index < -0.39 is 0 Å². The first-order valence-electron chi connectivity index (χ1n) is 7.96. The topological polar surface area (TPSA) is 52.4 Å². The smallest absolute Gasteiger partial charge is 0.162 e. The number of fused-ring (bicyclic) bond motifs is 1. The molecule has 0 bridgehead atoms. The average molecular weight is 361 g/mol. The summed E-state index contributed by atoms with van der Waals surface area (Å²) >= 11 is 7.32. The van der Waals surface area contributed by atoms with Crippen molar-refractivity contribution in [3.8, 4) is 6.07 Å². The molecule has 3 heterocycles. The van der Waals surface area contributed by atoms with Crippen molar-refractivity contribution in [2.24, 2.45) is 0 Å². The molecule has 0 saturated carbocycles. The monoisotopic (exact) mass is 360 g/mol. The second-order valence-corrected chi connectivity index (χ2v) is 7.21. The molecule has 0 aliphatic carbocycles. The van der Waals surface area contributed by atoms with E-state index >= 15 is 0 Å². The van der Waals surface area contributed by atoms with Crippen molar-refractivity contribution in [3.63, 3.8) is 0 Å². The lowest BCUT2D eigenvalue weighted by molar-refractivity contribution is -0.0499. The van der Waals surface area contributed by atoms with E-state index in [-0.39, 0.29) is 6.10 Å². The molecular weight excluding hydrogens is 344 g/mol. The quantitative estimate of drug-likeness (QED) is 0.842. The largest absolute Gasteiger partial charge is 0.373 e. The van der Waals surface area contributed by atoms with Crippen LogP contribution in [0.4, 0.5) is 5.00 Å². The third-order valence-corrected chi connectivity index (χ3v) is 5.96. The van der Waals surface area contributed by atoms with Crippen molar-refractivity contribution in [2.75, 3.05) is 31.1 Å². The number of nitrogens with zero attached hydrogens (tertiary/aromatic N) is 4. The molecule has 7 heteroatoms. The zero-order valence-corrected chi connectivity index (χ0v) is 14.6. The fourth-order valence-corrected chi connectivity index (χ4v) is 4.56. The lowest BCUT2D eigenvalue weighted by Crippen LogP contribution is -2.50. The maximum atomic E-state index is 9.32. The Morgan fingerprint density at radius 2 is 2.17 bits per heavy atom. The van der Waals surface area contributed by atoms with E-state index in [1.807, 2.05) is 6.07 Å². The van der Waals surface area contributed by atoms with Gasteiger partial charge in [0.2, 0.25) is 0 Å². The fraction of sp³-hybridized carbons (Fsp3) is 0.412. The maximum absolute atomic E-state index is 9.32. The van der Waals surface area contributed by atoms with E-state index in [4.69, 9.17) is 16.3 Å². The molecule has 2 atom stereocenters. The van der Waals surface area contributed by atoms with Gasteiger partial charge in [-0.2, -0.15) is 9.64 Å². The van der Waals surface area contributed by atoms with Crippen LogP contribution in [0.15, 0.2) is 30.3 Å². The predicted molar refractivity (Wildman–Crippen MR) is 94.4 cm³/mol. The number of anilines is 1. The summed E-state index contributed by atoms with van der Waals surface area (Å²) in [4.78, 5) is 4.68. The van der Waals surface area contributed by atoms with Crippen molar-refractivity contribution in [1.29, 1.82) is 5.26 Å². The molecule has 0 amide bonds. The van der Waals surface area contributed by atoms with Crippen molar-refractivity contribution in [1.82, 2.24) is 9.27 Å². The van der Waals surface area contributed by atoms with Crippen molar-refractivity contribution in [2.45, 2.75) is 18.7 Å². The molecule has 0 N–H and O–H groups in total. The third-order valence-electron chi connectivity index (χ3n) is 4.68. The second-order valence-electron chi connectivity index (χ2n) is 6.10. The SMILES string of the molecule is N#Cc1c(Cl)nsc1N1CC2OCCN(Cc3ccccc3)C2C1. The highest BCUT2D eigenvalue weighted by molar-refractivity contribution is 7.10. The molecule has 0 spiro atoms. The van der Waals surface area contributed by atoms with E-state index in [9.17, 15) is 5.26 Å². The second kappa shape index (κ2) is 6.69. The van der Waals surface area contributed by atoms with E-state index in [2.05, 4.69) is 44.5 Å². The molecule has 2 aliphatic heterocycles. The van der Waals surface area contributed by atoms with Gasteiger partial charge >= 0.3 is 0 Å². The zero-order chi connectivity index (χ0) is 16.5. The predicted octanol–water partition coefficient (Wildman–Crippen LogP) is 2.76. The van der Waals surface area contributed by atoms with Gasteiger partial charge in [-0.3, -0.25) is 4.90 Å². The van der Waals surface area contributed by atoms with Gasteiger partial charge in [0, 0.05) is 26.2 Å². The van der Waals surface area contributed by atoms with E-state index in [1.165, 1.54) is 17.1 Å². The molecule has 2 saturated heterocycles. The highest BCUT2D eigenvalue weighted by atomic mass is 35.5. The maximum Gasteiger partial charge on any atom is 0.162 e. The standard InChI is InChI=1S/C17H17ClN4OS/c18-16-13(8-19)17(24-20-16)22-10-14-15(11-22)23-7-6-21(14)9-12-4-2-1-3-5-12/h1-5,14-15H,6-7,9-11H2. The van der Waals surface area contributed by atoms with Crippen molar-refractivity contribution in [3.05, 3.63) is 46.6 Å². The average Bonchev–Trinajstić information content (AvgIpc) is 3.19. The number of rotatable bonds is 3. The molecule has 5 nitrogen and oxygen atoms in total. The highest BCUT2D eigenvalue weighted by Crippen LogP contribution is 2.35. The molecule has 2 aliphatic rings. The van der Waals surface area contributed by atoms with Crippen LogP contribution in [0.2, 0.25) is 5.15 Å². The lowest BCUT2D eigenvalue weighted by Gasteiger charge is -2.36. The normalized spacial score (nSPS) is 23.9. The fourth-order valence-electron chi connectivity index (χ4n) is 3.51. The molecule has 2 aromatic rings. The number of halogens is 1. The molecular formula is C17H17ClN4OS. The first-order valence-corrected chi connectivity index (χ1v) is 9.11. The van der Waals surface area contributed by atoms with Crippen LogP contribution in [0.5, 0.6) is 0 Å². The Balaban J connectivity index is 1.53. The minimum atomic E-state index is 0.162.